The predicted octanol–water partition coefficient (Wildman–Crippen LogP) is 2.31. The van der Waals surface area contributed by atoms with Crippen molar-refractivity contribution in [3.8, 4) is 0 Å². The molecule has 1 unspecified atom stereocenters. The number of hydrogen-bond acceptors (Lipinski definition) is 3. The van der Waals surface area contributed by atoms with Gasteiger partial charge in [-0.25, -0.2) is 0 Å². The number of pyridine rings is 1. The highest BCUT2D eigenvalue weighted by molar-refractivity contribution is 9.10. The number of carbonyl (C=O) groups is 1. The van der Waals surface area contributed by atoms with E-state index < -0.39 is 0 Å². The average molecular weight is 326 g/mol. The van der Waals surface area contributed by atoms with Crippen molar-refractivity contribution in [1.29, 1.82) is 0 Å². The van der Waals surface area contributed by atoms with Crippen LogP contribution in [0.4, 0.5) is 0 Å². The SMILES string of the molecule is CCN(CC1CCCNC1)C(=O)c1cncc(Br)c1. The first-order valence-corrected chi connectivity index (χ1v) is 7.60. The van der Waals surface area contributed by atoms with Crippen LogP contribution in [-0.4, -0.2) is 42.0 Å². The number of nitrogens with zero attached hydrogens (tertiary/aromatic N) is 2. The molecule has 0 saturated carbocycles. The van der Waals surface area contributed by atoms with Crippen LogP contribution in [0.5, 0.6) is 0 Å². The van der Waals surface area contributed by atoms with Gasteiger partial charge in [0.25, 0.3) is 5.91 Å². The number of carbonyl (C=O) groups excluding carboxylic acids is 1. The molecule has 0 bridgehead atoms. The molecule has 1 fully saturated rings. The minimum Gasteiger partial charge on any atom is -0.339 e. The summed E-state index contributed by atoms with van der Waals surface area (Å²) in [6.07, 6.45) is 5.73. The zero-order valence-electron chi connectivity index (χ0n) is 11.2. The first kappa shape index (κ1) is 14.5. The molecule has 2 heterocycles. The third kappa shape index (κ3) is 4.01. The molecule has 1 aromatic rings. The second-order valence-electron chi connectivity index (χ2n) is 4.95. The lowest BCUT2D eigenvalue weighted by Gasteiger charge is -2.29. The second-order valence-corrected chi connectivity index (χ2v) is 5.86. The Morgan fingerprint density at radius 1 is 1.58 bits per heavy atom. The van der Waals surface area contributed by atoms with Gasteiger partial charge in [0.1, 0.15) is 0 Å². The van der Waals surface area contributed by atoms with Gasteiger partial charge in [0, 0.05) is 30.0 Å². The van der Waals surface area contributed by atoms with Crippen LogP contribution in [0, 0.1) is 5.92 Å². The summed E-state index contributed by atoms with van der Waals surface area (Å²) >= 11 is 3.36. The fraction of sp³-hybridized carbons (Fsp3) is 0.571. The Bertz CT molecular complexity index is 432. The second kappa shape index (κ2) is 7.01. The third-order valence-corrected chi connectivity index (χ3v) is 3.93. The van der Waals surface area contributed by atoms with Gasteiger partial charge in [0.15, 0.2) is 0 Å². The molecule has 1 aliphatic rings. The molecule has 1 aliphatic heterocycles. The Balaban J connectivity index is 2.02. The zero-order valence-corrected chi connectivity index (χ0v) is 12.8. The van der Waals surface area contributed by atoms with Gasteiger partial charge in [-0.15, -0.1) is 0 Å². The Morgan fingerprint density at radius 2 is 2.42 bits per heavy atom. The van der Waals surface area contributed by atoms with Crippen molar-refractivity contribution in [3.63, 3.8) is 0 Å². The normalized spacial score (nSPS) is 19.2. The molecule has 1 atom stereocenters. The quantitative estimate of drug-likeness (QED) is 0.923. The summed E-state index contributed by atoms with van der Waals surface area (Å²) in [6, 6.07) is 1.83. The standard InChI is InChI=1S/C14H20BrN3O/c1-2-18(10-11-4-3-5-16-7-11)14(19)12-6-13(15)9-17-8-12/h6,8-9,11,16H,2-5,7,10H2,1H3. The summed E-state index contributed by atoms with van der Waals surface area (Å²) in [5.74, 6) is 0.639. The van der Waals surface area contributed by atoms with E-state index in [4.69, 9.17) is 0 Å². The number of halogens is 1. The molecular formula is C14H20BrN3O. The average Bonchev–Trinajstić information content (AvgIpc) is 2.45. The number of aromatic nitrogens is 1. The molecule has 4 nitrogen and oxygen atoms in total. The number of piperidine rings is 1. The fourth-order valence-electron chi connectivity index (χ4n) is 2.46. The number of nitrogens with one attached hydrogen (secondary N) is 1. The van der Waals surface area contributed by atoms with Gasteiger partial charge in [-0.1, -0.05) is 0 Å². The van der Waals surface area contributed by atoms with E-state index in [2.05, 4.69) is 26.2 Å². The van der Waals surface area contributed by atoms with Gasteiger partial charge < -0.3 is 10.2 Å². The summed E-state index contributed by atoms with van der Waals surface area (Å²) in [4.78, 5) is 18.4. The van der Waals surface area contributed by atoms with E-state index in [1.54, 1.807) is 12.4 Å². The van der Waals surface area contributed by atoms with Crippen LogP contribution in [0.15, 0.2) is 22.9 Å². The van der Waals surface area contributed by atoms with Crippen molar-refractivity contribution in [2.75, 3.05) is 26.2 Å². The fourth-order valence-corrected chi connectivity index (χ4v) is 2.82. The van der Waals surface area contributed by atoms with Crippen molar-refractivity contribution in [2.45, 2.75) is 19.8 Å². The molecule has 0 aliphatic carbocycles. The van der Waals surface area contributed by atoms with E-state index in [1.807, 2.05) is 17.9 Å². The molecule has 0 aromatic carbocycles. The van der Waals surface area contributed by atoms with Gasteiger partial charge in [0.05, 0.1) is 5.56 Å². The van der Waals surface area contributed by atoms with E-state index in [9.17, 15) is 4.79 Å². The maximum Gasteiger partial charge on any atom is 0.255 e. The van der Waals surface area contributed by atoms with Gasteiger partial charge in [0.2, 0.25) is 0 Å². The van der Waals surface area contributed by atoms with E-state index in [0.29, 0.717) is 11.5 Å². The predicted molar refractivity (Wildman–Crippen MR) is 79.1 cm³/mol. The van der Waals surface area contributed by atoms with Crippen LogP contribution < -0.4 is 5.32 Å². The van der Waals surface area contributed by atoms with E-state index in [-0.39, 0.29) is 5.91 Å². The van der Waals surface area contributed by atoms with Crippen molar-refractivity contribution >= 4 is 21.8 Å². The lowest BCUT2D eigenvalue weighted by Crippen LogP contribution is -2.41. The monoisotopic (exact) mass is 325 g/mol. The Kier molecular flexibility index (Phi) is 5.34. The third-order valence-electron chi connectivity index (χ3n) is 3.50. The van der Waals surface area contributed by atoms with Crippen molar-refractivity contribution < 1.29 is 4.79 Å². The van der Waals surface area contributed by atoms with Gasteiger partial charge in [-0.2, -0.15) is 0 Å². The molecule has 104 valence electrons. The zero-order chi connectivity index (χ0) is 13.7. The summed E-state index contributed by atoms with van der Waals surface area (Å²) in [5, 5.41) is 3.39. The highest BCUT2D eigenvalue weighted by Crippen LogP contribution is 2.15. The summed E-state index contributed by atoms with van der Waals surface area (Å²) < 4.78 is 0.841. The lowest BCUT2D eigenvalue weighted by atomic mass is 9.99. The van der Waals surface area contributed by atoms with Crippen molar-refractivity contribution in [1.82, 2.24) is 15.2 Å². The maximum absolute atomic E-state index is 12.4. The molecule has 1 saturated heterocycles. The summed E-state index contributed by atoms with van der Waals surface area (Å²) in [7, 11) is 0. The van der Waals surface area contributed by atoms with E-state index in [0.717, 1.165) is 30.7 Å². The molecule has 1 aromatic heterocycles. The molecule has 2 rings (SSSR count). The maximum atomic E-state index is 12.4. The van der Waals surface area contributed by atoms with Gasteiger partial charge in [-0.05, 0) is 60.8 Å². The topological polar surface area (TPSA) is 45.2 Å². The lowest BCUT2D eigenvalue weighted by molar-refractivity contribution is 0.0728. The van der Waals surface area contributed by atoms with Gasteiger partial charge >= 0.3 is 0 Å². The smallest absolute Gasteiger partial charge is 0.255 e. The molecule has 1 N–H and O–H groups in total. The molecular weight excluding hydrogens is 306 g/mol. The van der Waals surface area contributed by atoms with E-state index in [1.165, 1.54) is 12.8 Å². The summed E-state index contributed by atoms with van der Waals surface area (Å²) in [5.41, 5.74) is 0.653. The molecule has 19 heavy (non-hydrogen) atoms. The van der Waals surface area contributed by atoms with Crippen LogP contribution in [0.25, 0.3) is 0 Å². The van der Waals surface area contributed by atoms with Gasteiger partial charge in [-0.3, -0.25) is 9.78 Å². The first-order valence-electron chi connectivity index (χ1n) is 6.81. The largest absolute Gasteiger partial charge is 0.339 e. The van der Waals surface area contributed by atoms with Crippen molar-refractivity contribution in [3.05, 3.63) is 28.5 Å². The number of rotatable bonds is 4. The highest BCUT2D eigenvalue weighted by Gasteiger charge is 2.20. The first-order chi connectivity index (χ1) is 9.20. The van der Waals surface area contributed by atoms with Crippen LogP contribution in [-0.2, 0) is 0 Å². The molecule has 0 spiro atoms. The number of hydrogen-bond donors (Lipinski definition) is 1. The Morgan fingerprint density at radius 3 is 3.05 bits per heavy atom. The Hall–Kier alpha value is -0.940. The van der Waals surface area contributed by atoms with E-state index >= 15 is 0 Å². The van der Waals surface area contributed by atoms with Crippen LogP contribution in [0.2, 0.25) is 0 Å². The van der Waals surface area contributed by atoms with Crippen LogP contribution in [0.1, 0.15) is 30.1 Å². The van der Waals surface area contributed by atoms with Crippen LogP contribution in [0.3, 0.4) is 0 Å². The molecule has 5 heteroatoms. The highest BCUT2D eigenvalue weighted by atomic mass is 79.9. The minimum atomic E-state index is 0.0712. The molecule has 0 radical (unpaired) electrons. The van der Waals surface area contributed by atoms with Crippen LogP contribution >= 0.6 is 15.9 Å². The minimum absolute atomic E-state index is 0.0712. The number of amides is 1. The van der Waals surface area contributed by atoms with Crippen molar-refractivity contribution in [2.24, 2.45) is 5.92 Å². The Labute approximate surface area is 122 Å². The molecule has 1 amide bonds. The summed E-state index contributed by atoms with van der Waals surface area (Å²) in [6.45, 7) is 5.71.